The van der Waals surface area contributed by atoms with Gasteiger partial charge in [0, 0.05) is 5.56 Å². The Kier molecular flexibility index (Phi) is 3.63. The van der Waals surface area contributed by atoms with Crippen LogP contribution in [0.3, 0.4) is 0 Å². The van der Waals surface area contributed by atoms with E-state index in [4.69, 9.17) is 0 Å². The van der Waals surface area contributed by atoms with E-state index in [9.17, 15) is 5.11 Å². The second-order valence-corrected chi connectivity index (χ2v) is 5.26. The highest BCUT2D eigenvalue weighted by Gasteiger charge is 2.12. The molecule has 5 nitrogen and oxygen atoms in total. The molecule has 0 saturated carbocycles. The van der Waals surface area contributed by atoms with Crippen LogP contribution in [0.2, 0.25) is 0 Å². The first-order chi connectivity index (χ1) is 10.6. The molecule has 0 radical (unpaired) electrons. The largest absolute Gasteiger partial charge is 0.504 e. The Bertz CT molecular complexity index is 789. The lowest BCUT2D eigenvalue weighted by Crippen LogP contribution is -2.03. The Morgan fingerprint density at radius 3 is 2.23 bits per heavy atom. The molecule has 0 spiro atoms. The lowest BCUT2D eigenvalue weighted by atomic mass is 10.1. The van der Waals surface area contributed by atoms with Crippen molar-refractivity contribution in [3.63, 3.8) is 0 Å². The van der Waals surface area contributed by atoms with Crippen molar-refractivity contribution in [1.82, 2.24) is 20.0 Å². The molecular formula is C17H18N4O. The van der Waals surface area contributed by atoms with Gasteiger partial charge in [0.05, 0.1) is 11.4 Å². The summed E-state index contributed by atoms with van der Waals surface area (Å²) >= 11 is 0. The fourth-order valence-corrected chi connectivity index (χ4v) is 2.36. The summed E-state index contributed by atoms with van der Waals surface area (Å²) in [6.45, 7) is 5.69. The molecule has 112 valence electrons. The number of nitrogens with zero attached hydrogens (tertiary/aromatic N) is 4. The summed E-state index contributed by atoms with van der Waals surface area (Å²) in [4.78, 5) is 0. The van der Waals surface area contributed by atoms with Crippen molar-refractivity contribution in [1.29, 1.82) is 0 Å². The monoisotopic (exact) mass is 294 g/mol. The Morgan fingerprint density at radius 1 is 1.00 bits per heavy atom. The molecular weight excluding hydrogens is 276 g/mol. The van der Waals surface area contributed by atoms with E-state index in [1.54, 1.807) is 18.5 Å². The van der Waals surface area contributed by atoms with E-state index in [0.29, 0.717) is 17.2 Å². The summed E-state index contributed by atoms with van der Waals surface area (Å²) in [7, 11) is 0. The Hall–Kier alpha value is -2.69. The van der Waals surface area contributed by atoms with Crippen molar-refractivity contribution >= 4 is 0 Å². The van der Waals surface area contributed by atoms with Crippen LogP contribution in [0.25, 0.3) is 17.1 Å². The average Bonchev–Trinajstić information content (AvgIpc) is 2.83. The third-order valence-electron chi connectivity index (χ3n) is 3.78. The van der Waals surface area contributed by atoms with E-state index in [1.807, 2.05) is 12.1 Å². The van der Waals surface area contributed by atoms with Crippen LogP contribution >= 0.6 is 0 Å². The molecule has 2 aromatic heterocycles. The molecule has 22 heavy (non-hydrogen) atoms. The minimum Gasteiger partial charge on any atom is -0.504 e. The number of hydrogen-bond donors (Lipinski definition) is 1. The molecule has 0 aliphatic heterocycles. The van der Waals surface area contributed by atoms with Gasteiger partial charge in [0.1, 0.15) is 5.69 Å². The normalized spacial score (nSPS) is 10.9. The third-order valence-corrected chi connectivity index (χ3v) is 3.78. The highest BCUT2D eigenvalue weighted by Crippen LogP contribution is 2.23. The molecule has 0 bridgehead atoms. The predicted octanol–water partition coefficient (Wildman–Crippen LogP) is 3.21. The molecule has 3 rings (SSSR count). The minimum absolute atomic E-state index is 0.195. The summed E-state index contributed by atoms with van der Waals surface area (Å²) in [5, 5.41) is 22.6. The number of benzene rings is 1. The molecule has 1 N–H and O–H groups in total. The first kappa shape index (κ1) is 14.3. The van der Waals surface area contributed by atoms with Gasteiger partial charge in [-0.15, -0.1) is 10.2 Å². The topological polar surface area (TPSA) is 63.8 Å². The quantitative estimate of drug-likeness (QED) is 0.805. The molecule has 3 aromatic rings. The van der Waals surface area contributed by atoms with Crippen LogP contribution in [-0.4, -0.2) is 25.1 Å². The lowest BCUT2D eigenvalue weighted by Gasteiger charge is -2.05. The van der Waals surface area contributed by atoms with Crippen molar-refractivity contribution in [2.75, 3.05) is 0 Å². The summed E-state index contributed by atoms with van der Waals surface area (Å²) in [6, 6.07) is 12.1. The van der Waals surface area contributed by atoms with E-state index in [-0.39, 0.29) is 5.75 Å². The van der Waals surface area contributed by atoms with Crippen molar-refractivity contribution in [3.05, 3.63) is 53.3 Å². The molecule has 0 unspecified atom stereocenters. The van der Waals surface area contributed by atoms with Crippen molar-refractivity contribution in [3.8, 4) is 22.8 Å². The Morgan fingerprint density at radius 2 is 1.73 bits per heavy atom. The van der Waals surface area contributed by atoms with E-state index in [1.165, 1.54) is 5.56 Å². The van der Waals surface area contributed by atoms with Crippen LogP contribution in [0.1, 0.15) is 23.9 Å². The van der Waals surface area contributed by atoms with Gasteiger partial charge in [0.2, 0.25) is 0 Å². The summed E-state index contributed by atoms with van der Waals surface area (Å²) in [5.74, 6) is 0.788. The van der Waals surface area contributed by atoms with Crippen LogP contribution in [-0.2, 0) is 6.42 Å². The van der Waals surface area contributed by atoms with E-state index in [0.717, 1.165) is 17.7 Å². The first-order valence-corrected chi connectivity index (χ1v) is 7.28. The third kappa shape index (κ3) is 2.45. The maximum Gasteiger partial charge on any atom is 0.176 e. The van der Waals surface area contributed by atoms with E-state index >= 15 is 0 Å². The van der Waals surface area contributed by atoms with Crippen molar-refractivity contribution in [2.45, 2.75) is 27.2 Å². The van der Waals surface area contributed by atoms with Gasteiger partial charge in [-0.05, 0) is 38.0 Å². The fraction of sp³-hybridized carbons (Fsp3) is 0.235. The van der Waals surface area contributed by atoms with Crippen LogP contribution in [0.5, 0.6) is 5.75 Å². The second-order valence-electron chi connectivity index (χ2n) is 5.26. The van der Waals surface area contributed by atoms with Gasteiger partial charge in [-0.2, -0.15) is 5.10 Å². The highest BCUT2D eigenvalue weighted by atomic mass is 16.3. The zero-order chi connectivity index (χ0) is 15.7. The maximum atomic E-state index is 9.84. The molecule has 5 heteroatoms. The molecule has 0 aliphatic carbocycles. The number of aromatic hydroxyl groups is 1. The number of rotatable bonds is 3. The minimum atomic E-state index is 0.195. The van der Waals surface area contributed by atoms with Gasteiger partial charge in [-0.3, -0.25) is 0 Å². The van der Waals surface area contributed by atoms with E-state index in [2.05, 4.69) is 46.5 Å². The summed E-state index contributed by atoms with van der Waals surface area (Å²) in [6.07, 6.45) is 1.02. The van der Waals surface area contributed by atoms with Gasteiger partial charge >= 0.3 is 0 Å². The molecule has 0 aliphatic rings. The van der Waals surface area contributed by atoms with Crippen LogP contribution in [0, 0.1) is 13.8 Å². The van der Waals surface area contributed by atoms with Crippen LogP contribution < -0.4 is 0 Å². The van der Waals surface area contributed by atoms with Gasteiger partial charge in [-0.1, -0.05) is 31.2 Å². The first-order valence-electron chi connectivity index (χ1n) is 7.28. The summed E-state index contributed by atoms with van der Waals surface area (Å²) < 4.78 is 1.60. The van der Waals surface area contributed by atoms with Gasteiger partial charge in [0.25, 0.3) is 0 Å². The molecule has 0 saturated heterocycles. The number of aromatic nitrogens is 4. The lowest BCUT2D eigenvalue weighted by molar-refractivity contribution is 0.466. The van der Waals surface area contributed by atoms with Gasteiger partial charge in [0.15, 0.2) is 11.6 Å². The van der Waals surface area contributed by atoms with E-state index < -0.39 is 0 Å². The molecule has 2 heterocycles. The number of hydrogen-bond acceptors (Lipinski definition) is 4. The van der Waals surface area contributed by atoms with Crippen LogP contribution in [0.15, 0.2) is 36.4 Å². The summed E-state index contributed by atoms with van der Waals surface area (Å²) in [5.41, 5.74) is 4.39. The molecule has 0 atom stereocenters. The van der Waals surface area contributed by atoms with Gasteiger partial charge < -0.3 is 5.11 Å². The van der Waals surface area contributed by atoms with Crippen molar-refractivity contribution in [2.24, 2.45) is 0 Å². The van der Waals surface area contributed by atoms with Crippen LogP contribution in [0.4, 0.5) is 0 Å². The second kappa shape index (κ2) is 5.60. The molecule has 1 aromatic carbocycles. The fourth-order valence-electron chi connectivity index (χ4n) is 2.36. The maximum absolute atomic E-state index is 9.84. The zero-order valence-electron chi connectivity index (χ0n) is 12.9. The van der Waals surface area contributed by atoms with Crippen molar-refractivity contribution < 1.29 is 5.11 Å². The smallest absolute Gasteiger partial charge is 0.176 e. The SMILES string of the molecule is CCc1ccc(-c2ccc(-n3nc(C)c(O)c3C)nn2)cc1. The van der Waals surface area contributed by atoms with Gasteiger partial charge in [-0.25, -0.2) is 4.68 Å². The molecule has 0 amide bonds. The Labute approximate surface area is 129 Å². The molecule has 0 fully saturated rings. The predicted molar refractivity (Wildman–Crippen MR) is 85.1 cm³/mol. The standard InChI is InChI=1S/C17H18N4O/c1-4-13-5-7-14(8-6-13)15-9-10-16(19-18-15)21-12(3)17(22)11(2)20-21/h5-10,22H,4H2,1-3H3. The number of aryl methyl sites for hydroxylation is 2. The Balaban J connectivity index is 1.93. The average molecular weight is 294 g/mol. The highest BCUT2D eigenvalue weighted by molar-refractivity contribution is 5.59. The zero-order valence-corrected chi connectivity index (χ0v) is 12.9.